The van der Waals surface area contributed by atoms with Crippen molar-refractivity contribution in [3.63, 3.8) is 0 Å². The van der Waals surface area contributed by atoms with Crippen LogP contribution in [0.2, 0.25) is 0 Å². The number of carbonyl (C=O) groups is 1. The second kappa shape index (κ2) is 5.87. The van der Waals surface area contributed by atoms with Gasteiger partial charge in [-0.25, -0.2) is 0 Å². The second-order valence-corrected chi connectivity index (χ2v) is 5.36. The summed E-state index contributed by atoms with van der Waals surface area (Å²) in [6.45, 7) is 8.32. The van der Waals surface area contributed by atoms with E-state index in [9.17, 15) is 4.79 Å². The number of ether oxygens (including phenoxy) is 1. The van der Waals surface area contributed by atoms with E-state index in [-0.39, 0.29) is 18.0 Å². The van der Waals surface area contributed by atoms with Gasteiger partial charge in [-0.15, -0.1) is 0 Å². The maximum absolute atomic E-state index is 11.8. The van der Waals surface area contributed by atoms with Crippen LogP contribution >= 0.6 is 0 Å². The van der Waals surface area contributed by atoms with E-state index in [0.717, 1.165) is 5.56 Å². The Kier molecular flexibility index (Phi) is 4.73. The van der Waals surface area contributed by atoms with Crippen molar-refractivity contribution in [3.05, 3.63) is 23.8 Å². The van der Waals surface area contributed by atoms with Crippen LogP contribution in [0.5, 0.6) is 5.75 Å². The molecule has 1 aromatic rings. The summed E-state index contributed by atoms with van der Waals surface area (Å²) in [6, 6.07) is 5.69. The normalized spacial score (nSPS) is 11.2. The van der Waals surface area contributed by atoms with E-state index in [1.807, 2.05) is 45.9 Å². The summed E-state index contributed by atoms with van der Waals surface area (Å²) in [5.41, 5.74) is 1.71. The molecule has 0 aliphatic heterocycles. The van der Waals surface area contributed by atoms with E-state index in [4.69, 9.17) is 4.74 Å². The number of nitrogens with one attached hydrogen (secondary N) is 2. The molecule has 0 bridgehead atoms. The number of rotatable bonds is 4. The molecular formula is C14H22N2O2. The highest BCUT2D eigenvalue weighted by atomic mass is 16.5. The molecule has 2 N–H and O–H groups in total. The van der Waals surface area contributed by atoms with E-state index in [1.54, 1.807) is 7.11 Å². The maximum Gasteiger partial charge on any atom is 0.238 e. The lowest BCUT2D eigenvalue weighted by atomic mass is 10.1. The molecule has 0 saturated carbocycles. The lowest BCUT2D eigenvalue weighted by Crippen LogP contribution is -2.41. The standard InChI is InChI=1S/C14H22N2O2/c1-10-6-7-12(18-5)11(8-10)16-13(17)9-15-14(2,3)4/h6-8,15H,9H2,1-5H3,(H,16,17). The van der Waals surface area contributed by atoms with Gasteiger partial charge in [0.15, 0.2) is 0 Å². The molecule has 0 saturated heterocycles. The van der Waals surface area contributed by atoms with E-state index < -0.39 is 0 Å². The molecule has 0 atom stereocenters. The fraction of sp³-hybridized carbons (Fsp3) is 0.500. The Hall–Kier alpha value is -1.55. The fourth-order valence-electron chi connectivity index (χ4n) is 1.46. The molecule has 0 aliphatic carbocycles. The molecule has 4 nitrogen and oxygen atoms in total. The van der Waals surface area contributed by atoms with Crippen molar-refractivity contribution < 1.29 is 9.53 Å². The first-order valence-corrected chi connectivity index (χ1v) is 6.01. The summed E-state index contributed by atoms with van der Waals surface area (Å²) in [6.07, 6.45) is 0. The highest BCUT2D eigenvalue weighted by molar-refractivity contribution is 5.93. The monoisotopic (exact) mass is 250 g/mol. The summed E-state index contributed by atoms with van der Waals surface area (Å²) in [4.78, 5) is 11.8. The topological polar surface area (TPSA) is 50.4 Å². The van der Waals surface area contributed by atoms with Gasteiger partial charge in [0, 0.05) is 5.54 Å². The van der Waals surface area contributed by atoms with Crippen LogP contribution in [-0.4, -0.2) is 25.1 Å². The molecule has 0 heterocycles. The number of methoxy groups -OCH3 is 1. The third kappa shape index (κ3) is 4.75. The van der Waals surface area contributed by atoms with Crippen molar-refractivity contribution >= 4 is 11.6 Å². The zero-order valence-electron chi connectivity index (χ0n) is 11.8. The minimum absolute atomic E-state index is 0.0752. The van der Waals surface area contributed by atoms with Gasteiger partial charge in [0.05, 0.1) is 19.3 Å². The van der Waals surface area contributed by atoms with Crippen molar-refractivity contribution in [3.8, 4) is 5.75 Å². The minimum atomic E-state index is -0.0754. The third-order valence-electron chi connectivity index (χ3n) is 2.41. The predicted molar refractivity (Wildman–Crippen MR) is 74.1 cm³/mol. The molecule has 0 aromatic heterocycles. The quantitative estimate of drug-likeness (QED) is 0.862. The number of carbonyl (C=O) groups excluding carboxylic acids is 1. The lowest BCUT2D eigenvalue weighted by Gasteiger charge is -2.20. The maximum atomic E-state index is 11.8. The van der Waals surface area contributed by atoms with Gasteiger partial charge in [-0.2, -0.15) is 0 Å². The highest BCUT2D eigenvalue weighted by Crippen LogP contribution is 2.24. The van der Waals surface area contributed by atoms with Crippen LogP contribution in [0.25, 0.3) is 0 Å². The van der Waals surface area contributed by atoms with Crippen LogP contribution in [0.1, 0.15) is 26.3 Å². The number of anilines is 1. The molecule has 1 rings (SSSR count). The molecule has 0 fully saturated rings. The van der Waals surface area contributed by atoms with E-state index in [2.05, 4.69) is 10.6 Å². The molecule has 18 heavy (non-hydrogen) atoms. The Morgan fingerprint density at radius 3 is 2.56 bits per heavy atom. The van der Waals surface area contributed by atoms with E-state index in [1.165, 1.54) is 0 Å². The Morgan fingerprint density at radius 1 is 1.33 bits per heavy atom. The third-order valence-corrected chi connectivity index (χ3v) is 2.41. The van der Waals surface area contributed by atoms with Crippen molar-refractivity contribution in [2.75, 3.05) is 19.0 Å². The molecular weight excluding hydrogens is 228 g/mol. The smallest absolute Gasteiger partial charge is 0.238 e. The molecule has 0 unspecified atom stereocenters. The molecule has 1 aromatic carbocycles. The lowest BCUT2D eigenvalue weighted by molar-refractivity contribution is -0.115. The van der Waals surface area contributed by atoms with E-state index in [0.29, 0.717) is 11.4 Å². The van der Waals surface area contributed by atoms with Gasteiger partial charge in [0.25, 0.3) is 0 Å². The Labute approximate surface area is 109 Å². The number of hydrogen-bond acceptors (Lipinski definition) is 3. The van der Waals surface area contributed by atoms with Crippen LogP contribution < -0.4 is 15.4 Å². The number of benzene rings is 1. The van der Waals surface area contributed by atoms with E-state index >= 15 is 0 Å². The SMILES string of the molecule is COc1ccc(C)cc1NC(=O)CNC(C)(C)C. The highest BCUT2D eigenvalue weighted by Gasteiger charge is 2.12. The van der Waals surface area contributed by atoms with Crippen molar-refractivity contribution in [1.82, 2.24) is 5.32 Å². The van der Waals surface area contributed by atoms with Gasteiger partial charge in [-0.1, -0.05) is 6.07 Å². The summed E-state index contributed by atoms with van der Waals surface area (Å²) in [7, 11) is 1.59. The largest absolute Gasteiger partial charge is 0.495 e. The average molecular weight is 250 g/mol. The van der Waals surface area contributed by atoms with Crippen LogP contribution in [0, 0.1) is 6.92 Å². The molecule has 0 aliphatic rings. The van der Waals surface area contributed by atoms with Crippen molar-refractivity contribution in [1.29, 1.82) is 0 Å². The first kappa shape index (κ1) is 14.5. The van der Waals surface area contributed by atoms with Crippen LogP contribution in [0.15, 0.2) is 18.2 Å². The first-order valence-electron chi connectivity index (χ1n) is 6.01. The number of aryl methyl sites for hydroxylation is 1. The van der Waals surface area contributed by atoms with Gasteiger partial charge >= 0.3 is 0 Å². The summed E-state index contributed by atoms with van der Waals surface area (Å²) < 4.78 is 5.21. The van der Waals surface area contributed by atoms with Gasteiger partial charge < -0.3 is 15.4 Å². The first-order chi connectivity index (χ1) is 8.31. The minimum Gasteiger partial charge on any atom is -0.495 e. The number of amides is 1. The summed E-state index contributed by atoms with van der Waals surface area (Å²) in [5.74, 6) is 0.596. The van der Waals surface area contributed by atoms with Crippen molar-refractivity contribution in [2.45, 2.75) is 33.2 Å². The fourth-order valence-corrected chi connectivity index (χ4v) is 1.46. The van der Waals surface area contributed by atoms with Crippen LogP contribution in [-0.2, 0) is 4.79 Å². The predicted octanol–water partition coefficient (Wildman–Crippen LogP) is 2.33. The molecule has 100 valence electrons. The molecule has 0 radical (unpaired) electrons. The summed E-state index contributed by atoms with van der Waals surface area (Å²) in [5, 5.41) is 5.99. The zero-order chi connectivity index (χ0) is 13.8. The zero-order valence-corrected chi connectivity index (χ0v) is 11.8. The Bertz CT molecular complexity index is 422. The molecule has 0 spiro atoms. The van der Waals surface area contributed by atoms with Gasteiger partial charge in [0.2, 0.25) is 5.91 Å². The van der Waals surface area contributed by atoms with Gasteiger partial charge in [0.1, 0.15) is 5.75 Å². The number of hydrogen-bond donors (Lipinski definition) is 2. The Morgan fingerprint density at radius 2 is 2.00 bits per heavy atom. The second-order valence-electron chi connectivity index (χ2n) is 5.36. The van der Waals surface area contributed by atoms with Crippen molar-refractivity contribution in [2.24, 2.45) is 0 Å². The van der Waals surface area contributed by atoms with Gasteiger partial charge in [-0.05, 0) is 45.4 Å². The molecule has 1 amide bonds. The Balaban J connectivity index is 2.66. The van der Waals surface area contributed by atoms with Crippen LogP contribution in [0.4, 0.5) is 5.69 Å². The van der Waals surface area contributed by atoms with Crippen LogP contribution in [0.3, 0.4) is 0 Å². The van der Waals surface area contributed by atoms with Gasteiger partial charge in [-0.3, -0.25) is 4.79 Å². The summed E-state index contributed by atoms with van der Waals surface area (Å²) >= 11 is 0. The molecule has 4 heteroatoms. The average Bonchev–Trinajstić information content (AvgIpc) is 2.26.